The van der Waals surface area contributed by atoms with Crippen molar-refractivity contribution in [3.05, 3.63) is 17.7 Å². The highest BCUT2D eigenvalue weighted by Crippen LogP contribution is 2.24. The molecule has 1 aromatic heterocycles. The quantitative estimate of drug-likeness (QED) is 0.664. The number of aliphatic hydroxyl groups excluding tert-OH is 1. The Balaban J connectivity index is 1.58. The molecule has 2 aliphatic rings. The summed E-state index contributed by atoms with van der Waals surface area (Å²) in [4.78, 5) is 28.8. The lowest BCUT2D eigenvalue weighted by Gasteiger charge is -2.25. The van der Waals surface area contributed by atoms with Crippen LogP contribution >= 0.6 is 0 Å². The van der Waals surface area contributed by atoms with Gasteiger partial charge in [0.25, 0.3) is 5.91 Å². The third-order valence-corrected chi connectivity index (χ3v) is 5.00. The molecule has 0 bridgehead atoms. The fourth-order valence-corrected chi connectivity index (χ4v) is 3.62. The van der Waals surface area contributed by atoms with Crippen LogP contribution in [0.15, 0.2) is 6.33 Å². The van der Waals surface area contributed by atoms with Gasteiger partial charge in [-0.15, -0.1) is 0 Å². The summed E-state index contributed by atoms with van der Waals surface area (Å²) < 4.78 is 1.93. The van der Waals surface area contributed by atoms with Gasteiger partial charge in [-0.2, -0.15) is 0 Å². The minimum atomic E-state index is -0.203. The second-order valence-corrected chi connectivity index (χ2v) is 6.75. The summed E-state index contributed by atoms with van der Waals surface area (Å²) >= 11 is 0. The molecule has 2 heterocycles. The molecule has 1 atom stereocenters. The number of carbonyl (C=O) groups is 2. The van der Waals surface area contributed by atoms with E-state index in [1.807, 2.05) is 4.57 Å². The minimum absolute atomic E-state index is 0.0439. The molecule has 3 N–H and O–H groups in total. The van der Waals surface area contributed by atoms with Crippen LogP contribution < -0.4 is 10.6 Å². The number of nitrogens with one attached hydrogen (secondary N) is 2. The molecule has 0 saturated heterocycles. The van der Waals surface area contributed by atoms with Gasteiger partial charge in [0.1, 0.15) is 5.69 Å². The predicted molar refractivity (Wildman–Crippen MR) is 88.5 cm³/mol. The summed E-state index contributed by atoms with van der Waals surface area (Å²) in [7, 11) is 0. The van der Waals surface area contributed by atoms with E-state index >= 15 is 0 Å². The molecule has 24 heavy (non-hydrogen) atoms. The Hall–Kier alpha value is -1.89. The summed E-state index contributed by atoms with van der Waals surface area (Å²) in [6.07, 6.45) is 8.22. The second-order valence-electron chi connectivity index (χ2n) is 6.75. The lowest BCUT2D eigenvalue weighted by molar-refractivity contribution is -0.126. The fourth-order valence-electron chi connectivity index (χ4n) is 3.62. The van der Waals surface area contributed by atoms with Gasteiger partial charge in [-0.1, -0.05) is 12.8 Å². The van der Waals surface area contributed by atoms with Crippen LogP contribution in [0.1, 0.15) is 54.7 Å². The number of imidazole rings is 1. The van der Waals surface area contributed by atoms with Gasteiger partial charge in [-0.25, -0.2) is 4.98 Å². The maximum Gasteiger partial charge on any atom is 0.271 e. The zero-order chi connectivity index (χ0) is 16.9. The van der Waals surface area contributed by atoms with Gasteiger partial charge in [-0.05, 0) is 32.1 Å². The number of aromatic nitrogens is 2. The van der Waals surface area contributed by atoms with E-state index in [1.54, 1.807) is 6.33 Å². The van der Waals surface area contributed by atoms with E-state index in [0.717, 1.165) is 25.0 Å². The van der Waals surface area contributed by atoms with Crippen molar-refractivity contribution >= 4 is 11.8 Å². The van der Waals surface area contributed by atoms with Gasteiger partial charge >= 0.3 is 0 Å². The topological polar surface area (TPSA) is 96.2 Å². The number of hydrogen-bond acceptors (Lipinski definition) is 4. The molecule has 7 nitrogen and oxygen atoms in total. The summed E-state index contributed by atoms with van der Waals surface area (Å²) in [5, 5.41) is 14.7. The molecule has 0 aromatic carbocycles. The van der Waals surface area contributed by atoms with E-state index in [1.165, 1.54) is 12.8 Å². The zero-order valence-corrected chi connectivity index (χ0v) is 14.0. The minimum Gasteiger partial charge on any atom is -0.396 e. The van der Waals surface area contributed by atoms with Gasteiger partial charge < -0.3 is 20.3 Å². The Morgan fingerprint density at radius 1 is 1.29 bits per heavy atom. The fraction of sp³-hybridized carbons (Fsp3) is 0.706. The first-order valence-electron chi connectivity index (χ1n) is 8.92. The molecule has 1 unspecified atom stereocenters. The highest BCUT2D eigenvalue weighted by atomic mass is 16.3. The first-order valence-corrected chi connectivity index (χ1v) is 8.92. The highest BCUT2D eigenvalue weighted by molar-refractivity contribution is 5.93. The molecule has 1 aromatic rings. The molecule has 0 radical (unpaired) electrons. The van der Waals surface area contributed by atoms with Gasteiger partial charge in [0.05, 0.1) is 17.9 Å². The lowest BCUT2D eigenvalue weighted by atomic mass is 9.95. The Morgan fingerprint density at radius 2 is 2.08 bits per heavy atom. The third kappa shape index (κ3) is 3.77. The average Bonchev–Trinajstić information content (AvgIpc) is 3.23. The Kier molecular flexibility index (Phi) is 5.50. The van der Waals surface area contributed by atoms with E-state index in [-0.39, 0.29) is 24.3 Å². The zero-order valence-electron chi connectivity index (χ0n) is 14.0. The molecule has 2 amide bonds. The van der Waals surface area contributed by atoms with E-state index < -0.39 is 0 Å². The molecule has 1 aliphatic carbocycles. The molecule has 1 aliphatic heterocycles. The molecule has 7 heteroatoms. The first-order chi connectivity index (χ1) is 11.7. The van der Waals surface area contributed by atoms with Gasteiger partial charge in [0, 0.05) is 25.7 Å². The summed E-state index contributed by atoms with van der Waals surface area (Å²) in [6, 6.07) is 0.342. The predicted octanol–water partition coefficient (Wildman–Crippen LogP) is 0.616. The average molecular weight is 334 g/mol. The Labute approximate surface area is 141 Å². The van der Waals surface area contributed by atoms with Crippen molar-refractivity contribution in [2.24, 2.45) is 5.92 Å². The second kappa shape index (κ2) is 7.79. The van der Waals surface area contributed by atoms with Crippen molar-refractivity contribution < 1.29 is 14.7 Å². The Morgan fingerprint density at radius 3 is 2.83 bits per heavy atom. The number of nitrogens with zero attached hydrogens (tertiary/aromatic N) is 2. The molecule has 3 rings (SSSR count). The standard InChI is InChI=1S/C17H26N4O3/c22-9-3-8-18-17(24)15-14-7-6-12(10-21(14)11-19-15)16(23)20-13-4-1-2-5-13/h11-13,22H,1-10H2,(H,18,24)(H,20,23). The summed E-state index contributed by atoms with van der Waals surface area (Å²) in [5.74, 6) is -0.112. The third-order valence-electron chi connectivity index (χ3n) is 5.00. The van der Waals surface area contributed by atoms with E-state index in [9.17, 15) is 9.59 Å². The smallest absolute Gasteiger partial charge is 0.271 e. The van der Waals surface area contributed by atoms with Crippen molar-refractivity contribution in [1.29, 1.82) is 0 Å². The monoisotopic (exact) mass is 334 g/mol. The number of aliphatic hydroxyl groups is 1. The normalized spacial score (nSPS) is 20.6. The molecule has 1 saturated carbocycles. The molecular formula is C17H26N4O3. The van der Waals surface area contributed by atoms with Crippen LogP contribution in [0, 0.1) is 5.92 Å². The number of amides is 2. The summed E-state index contributed by atoms with van der Waals surface area (Å²) in [5.41, 5.74) is 1.35. The van der Waals surface area contributed by atoms with Crippen LogP contribution in [-0.4, -0.2) is 45.7 Å². The van der Waals surface area contributed by atoms with E-state index in [2.05, 4.69) is 15.6 Å². The molecule has 0 spiro atoms. The first kappa shape index (κ1) is 17.0. The van der Waals surface area contributed by atoms with Gasteiger partial charge in [-0.3, -0.25) is 9.59 Å². The molecular weight excluding hydrogens is 308 g/mol. The Bertz CT molecular complexity index is 593. The van der Waals surface area contributed by atoms with Crippen molar-refractivity contribution in [1.82, 2.24) is 20.2 Å². The van der Waals surface area contributed by atoms with E-state index in [4.69, 9.17) is 5.11 Å². The van der Waals surface area contributed by atoms with Crippen LogP contribution in [0.4, 0.5) is 0 Å². The maximum atomic E-state index is 12.4. The van der Waals surface area contributed by atoms with Crippen LogP contribution in [0.2, 0.25) is 0 Å². The van der Waals surface area contributed by atoms with Crippen LogP contribution in [0.25, 0.3) is 0 Å². The summed E-state index contributed by atoms with van der Waals surface area (Å²) in [6.45, 7) is 1.08. The van der Waals surface area contributed by atoms with Crippen LogP contribution in [0.5, 0.6) is 0 Å². The van der Waals surface area contributed by atoms with Crippen molar-refractivity contribution in [2.45, 2.75) is 57.5 Å². The van der Waals surface area contributed by atoms with Crippen molar-refractivity contribution in [3.8, 4) is 0 Å². The van der Waals surface area contributed by atoms with Crippen molar-refractivity contribution in [2.75, 3.05) is 13.2 Å². The number of fused-ring (bicyclic) bond motifs is 1. The molecule has 1 fully saturated rings. The van der Waals surface area contributed by atoms with Crippen LogP contribution in [-0.2, 0) is 17.8 Å². The number of carbonyl (C=O) groups excluding carboxylic acids is 2. The molecule has 132 valence electrons. The SMILES string of the molecule is O=C(NCCCO)c1ncn2c1CCC(C(=O)NC1CCCC1)C2. The van der Waals surface area contributed by atoms with Crippen LogP contribution in [0.3, 0.4) is 0 Å². The maximum absolute atomic E-state index is 12.4. The van der Waals surface area contributed by atoms with E-state index in [0.29, 0.717) is 37.7 Å². The van der Waals surface area contributed by atoms with Gasteiger partial charge in [0.2, 0.25) is 5.91 Å². The van der Waals surface area contributed by atoms with Gasteiger partial charge in [0.15, 0.2) is 0 Å². The number of hydrogen-bond donors (Lipinski definition) is 3. The largest absolute Gasteiger partial charge is 0.396 e. The van der Waals surface area contributed by atoms with Crippen molar-refractivity contribution in [3.63, 3.8) is 0 Å². The lowest BCUT2D eigenvalue weighted by Crippen LogP contribution is -2.40. The highest BCUT2D eigenvalue weighted by Gasteiger charge is 2.30. The number of rotatable bonds is 6.